The van der Waals surface area contributed by atoms with Crippen LogP contribution < -0.4 is 16.0 Å². The summed E-state index contributed by atoms with van der Waals surface area (Å²) in [7, 11) is 0. The fourth-order valence-electron chi connectivity index (χ4n) is 4.37. The molecule has 6 amide bonds. The summed E-state index contributed by atoms with van der Waals surface area (Å²) in [6.45, 7) is 10.8. The maximum Gasteiger partial charge on any atom is 0.407 e. The van der Waals surface area contributed by atoms with E-state index in [0.29, 0.717) is 33.8 Å². The maximum atomic E-state index is 12.4. The van der Waals surface area contributed by atoms with Crippen LogP contribution in [0.25, 0.3) is 0 Å². The first kappa shape index (κ1) is 41.1. The molecule has 2 aliphatic heterocycles. The molecule has 0 unspecified atom stereocenters. The van der Waals surface area contributed by atoms with Crippen molar-refractivity contribution in [1.29, 1.82) is 0 Å². The number of nitrogens with zero attached hydrogens (tertiary/aromatic N) is 1. The van der Waals surface area contributed by atoms with Gasteiger partial charge >= 0.3 is 12.2 Å². The Labute approximate surface area is 295 Å². The third-order valence-electron chi connectivity index (χ3n) is 6.32. The molecule has 2 atom stereocenters. The highest BCUT2D eigenvalue weighted by Crippen LogP contribution is 2.23. The number of hydrogen-bond donors (Lipinski definition) is 4. The summed E-state index contributed by atoms with van der Waals surface area (Å²) in [5, 5.41) is 16.5. The maximum absolute atomic E-state index is 12.4. The third kappa shape index (κ3) is 13.4. The number of aliphatic hydroxyl groups is 1. The van der Waals surface area contributed by atoms with E-state index in [9.17, 15) is 28.8 Å². The van der Waals surface area contributed by atoms with Crippen molar-refractivity contribution in [3.63, 3.8) is 0 Å². The number of alkyl carbamates (subject to hydrolysis) is 2. The van der Waals surface area contributed by atoms with E-state index in [4.69, 9.17) is 14.6 Å². The lowest BCUT2D eigenvalue weighted by Crippen LogP contribution is -2.48. The molecule has 0 bridgehead atoms. The molecule has 0 radical (unpaired) electrons. The topological polar surface area (TPSA) is 180 Å². The second kappa shape index (κ2) is 18.6. The van der Waals surface area contributed by atoms with Crippen LogP contribution in [0.3, 0.4) is 0 Å². The van der Waals surface area contributed by atoms with Crippen molar-refractivity contribution in [2.45, 2.75) is 64.8 Å². The number of ether oxygens (including phenoxy) is 2. The molecule has 0 saturated heterocycles. The minimum absolute atomic E-state index is 0.0694. The van der Waals surface area contributed by atoms with Gasteiger partial charge in [0.05, 0.1) is 47.5 Å². The van der Waals surface area contributed by atoms with E-state index in [0.717, 1.165) is 0 Å². The zero-order valence-corrected chi connectivity index (χ0v) is 30.7. The van der Waals surface area contributed by atoms with Crippen LogP contribution in [0.15, 0.2) is 48.5 Å². The van der Waals surface area contributed by atoms with Gasteiger partial charge in [-0.15, -0.1) is 0 Å². The molecule has 0 aliphatic carbocycles. The van der Waals surface area contributed by atoms with E-state index in [2.05, 4.69) is 16.0 Å². The van der Waals surface area contributed by atoms with Crippen molar-refractivity contribution in [1.82, 2.24) is 20.9 Å². The van der Waals surface area contributed by atoms with Crippen molar-refractivity contribution in [2.75, 3.05) is 37.2 Å². The number of amides is 6. The average molecular weight is 719 g/mol. The largest absolute Gasteiger partial charge is 0.444 e. The average Bonchev–Trinajstić information content (AvgIpc) is 3.43. The van der Waals surface area contributed by atoms with E-state index in [1.165, 1.54) is 16.7 Å². The standard InChI is InChI=1S/C17H22N2O4S.C9H19NO3S.C8H5NO2/c1-17(2,3)23-16(22)18-11(10-24-4)9-19-14(20)12-7-5-6-8-13(12)15(19)21;1-9(2,3)13-8(12)10-7(5-11)6-14-4;10-7-5-3-1-2-4-6(5)8(11)9-7/h5-8,11H,9-10H2,1-4H3,(H,18,22);7,11H,5-6H2,1-4H3,(H,10,12);1-4H,(H,9,10,11)/t11-;7-;/m11./s1. The summed E-state index contributed by atoms with van der Waals surface area (Å²) in [5.74, 6) is -0.0147. The van der Waals surface area contributed by atoms with Crippen LogP contribution >= 0.6 is 23.5 Å². The summed E-state index contributed by atoms with van der Waals surface area (Å²) < 4.78 is 10.3. The molecule has 15 heteroatoms. The molecular weight excluding hydrogens is 673 g/mol. The summed E-state index contributed by atoms with van der Waals surface area (Å²) >= 11 is 3.08. The molecule has 268 valence electrons. The Hall–Kier alpha value is -4.08. The van der Waals surface area contributed by atoms with Gasteiger partial charge in [-0.25, -0.2) is 9.59 Å². The molecule has 2 heterocycles. The molecule has 4 N–H and O–H groups in total. The van der Waals surface area contributed by atoms with Gasteiger partial charge < -0.3 is 25.2 Å². The first-order chi connectivity index (χ1) is 22.9. The van der Waals surface area contributed by atoms with Gasteiger partial charge in [0.25, 0.3) is 23.6 Å². The summed E-state index contributed by atoms with van der Waals surface area (Å²) in [4.78, 5) is 71.1. The lowest BCUT2D eigenvalue weighted by molar-refractivity contribution is 0.0474. The number of carbonyl (C=O) groups is 6. The Balaban J connectivity index is 0.000000281. The number of fused-ring (bicyclic) bond motifs is 2. The summed E-state index contributed by atoms with van der Waals surface area (Å²) in [6.07, 6.45) is 2.77. The number of hydrogen-bond acceptors (Lipinski definition) is 11. The molecule has 4 rings (SSSR count). The van der Waals surface area contributed by atoms with Crippen LogP contribution in [-0.2, 0) is 9.47 Å². The Morgan fingerprint density at radius 2 is 1.08 bits per heavy atom. The zero-order chi connectivity index (χ0) is 36.9. The van der Waals surface area contributed by atoms with Crippen molar-refractivity contribution in [3.8, 4) is 0 Å². The molecule has 0 aromatic heterocycles. The molecule has 13 nitrogen and oxygen atoms in total. The van der Waals surface area contributed by atoms with Gasteiger partial charge in [0, 0.05) is 11.5 Å². The van der Waals surface area contributed by atoms with Crippen molar-refractivity contribution in [2.24, 2.45) is 0 Å². The lowest BCUT2D eigenvalue weighted by atomic mass is 10.1. The Bertz CT molecular complexity index is 1440. The lowest BCUT2D eigenvalue weighted by Gasteiger charge is -2.25. The van der Waals surface area contributed by atoms with Crippen LogP contribution in [0.1, 0.15) is 83.0 Å². The highest BCUT2D eigenvalue weighted by molar-refractivity contribution is 7.98. The molecule has 0 spiro atoms. The fraction of sp³-hybridized carbons (Fsp3) is 0.471. The number of nitrogens with one attached hydrogen (secondary N) is 3. The van der Waals surface area contributed by atoms with Crippen LogP contribution in [0.5, 0.6) is 0 Å². The Morgan fingerprint density at radius 1 is 0.714 bits per heavy atom. The van der Waals surface area contributed by atoms with E-state index < -0.39 is 23.4 Å². The predicted molar refractivity (Wildman–Crippen MR) is 190 cm³/mol. The number of benzene rings is 2. The quantitative estimate of drug-likeness (QED) is 0.271. The SMILES string of the molecule is CSC[C@@H](CN1C(=O)c2ccccc2C1=O)NC(=O)OC(C)(C)C.CSC[C@@H](CO)NC(=O)OC(C)(C)C.O=C1NC(=O)c2ccccc21. The normalized spacial score (nSPS) is 14.6. The van der Waals surface area contributed by atoms with Gasteiger partial charge in [0.1, 0.15) is 11.2 Å². The van der Waals surface area contributed by atoms with Crippen molar-refractivity contribution >= 4 is 59.3 Å². The number of carbonyl (C=O) groups excluding carboxylic acids is 6. The smallest absolute Gasteiger partial charge is 0.407 e. The van der Waals surface area contributed by atoms with Crippen LogP contribution in [0.2, 0.25) is 0 Å². The van der Waals surface area contributed by atoms with Gasteiger partial charge in [-0.05, 0) is 78.3 Å². The zero-order valence-electron chi connectivity index (χ0n) is 29.1. The molecule has 49 heavy (non-hydrogen) atoms. The van der Waals surface area contributed by atoms with Crippen LogP contribution in [0.4, 0.5) is 9.59 Å². The highest BCUT2D eigenvalue weighted by Gasteiger charge is 2.37. The highest BCUT2D eigenvalue weighted by atomic mass is 32.2. The molecule has 0 fully saturated rings. The predicted octanol–water partition coefficient (Wildman–Crippen LogP) is 4.34. The van der Waals surface area contributed by atoms with E-state index in [1.54, 1.807) is 102 Å². The summed E-state index contributed by atoms with van der Waals surface area (Å²) in [6, 6.07) is 12.9. The van der Waals surface area contributed by atoms with Crippen molar-refractivity contribution in [3.05, 3.63) is 70.8 Å². The van der Waals surface area contributed by atoms with Gasteiger partial charge in [0.15, 0.2) is 0 Å². The van der Waals surface area contributed by atoms with E-state index >= 15 is 0 Å². The number of aliphatic hydroxyl groups excluding tert-OH is 1. The van der Waals surface area contributed by atoms with E-state index in [1.807, 2.05) is 12.5 Å². The molecular formula is C34H46N4O9S2. The monoisotopic (exact) mass is 718 g/mol. The van der Waals surface area contributed by atoms with Gasteiger partial charge in [0.2, 0.25) is 0 Å². The Kier molecular flexibility index (Phi) is 15.6. The second-order valence-corrected chi connectivity index (χ2v) is 14.7. The first-order valence-corrected chi connectivity index (χ1v) is 18.2. The molecule has 0 saturated carbocycles. The number of imide groups is 2. The molecule has 2 aromatic rings. The van der Waals surface area contributed by atoms with Gasteiger partial charge in [-0.1, -0.05) is 24.3 Å². The van der Waals surface area contributed by atoms with Crippen molar-refractivity contribution < 1.29 is 43.3 Å². The van der Waals surface area contributed by atoms with Gasteiger partial charge in [-0.2, -0.15) is 23.5 Å². The minimum atomic E-state index is -0.608. The van der Waals surface area contributed by atoms with Crippen LogP contribution in [0, 0.1) is 0 Å². The second-order valence-electron chi connectivity index (χ2n) is 12.9. The van der Waals surface area contributed by atoms with Gasteiger partial charge in [-0.3, -0.25) is 29.4 Å². The number of thioether (sulfide) groups is 2. The Morgan fingerprint density at radius 3 is 1.45 bits per heavy atom. The molecule has 2 aromatic carbocycles. The molecule has 2 aliphatic rings. The van der Waals surface area contributed by atoms with Crippen LogP contribution in [-0.4, -0.2) is 106 Å². The third-order valence-corrected chi connectivity index (χ3v) is 7.79. The fourth-order valence-corrected chi connectivity index (χ4v) is 5.56. The summed E-state index contributed by atoms with van der Waals surface area (Å²) in [5.41, 5.74) is 0.646. The minimum Gasteiger partial charge on any atom is -0.444 e. The van der Waals surface area contributed by atoms with E-state index in [-0.39, 0.29) is 48.9 Å². The number of rotatable bonds is 9. The first-order valence-electron chi connectivity index (χ1n) is 15.4.